The van der Waals surface area contributed by atoms with Crippen molar-refractivity contribution in [3.8, 4) is 0 Å². The zero-order valence-corrected chi connectivity index (χ0v) is 5.96. The van der Waals surface area contributed by atoms with Crippen molar-refractivity contribution in [3.63, 3.8) is 0 Å². The SMILES string of the molecule is C=C(C(=O)OC)C(C)OO. The maximum absolute atomic E-state index is 10.6. The molecule has 10 heavy (non-hydrogen) atoms. The van der Waals surface area contributed by atoms with Crippen molar-refractivity contribution >= 4 is 5.97 Å². The van der Waals surface area contributed by atoms with Gasteiger partial charge in [0.05, 0.1) is 12.7 Å². The Morgan fingerprint density at radius 3 is 2.50 bits per heavy atom. The Hall–Kier alpha value is -0.870. The van der Waals surface area contributed by atoms with Gasteiger partial charge in [-0.1, -0.05) is 6.58 Å². The van der Waals surface area contributed by atoms with Crippen LogP contribution in [0.15, 0.2) is 12.2 Å². The molecule has 0 aliphatic heterocycles. The van der Waals surface area contributed by atoms with Crippen LogP contribution in [0.4, 0.5) is 0 Å². The van der Waals surface area contributed by atoms with Gasteiger partial charge in [0, 0.05) is 0 Å². The van der Waals surface area contributed by atoms with Crippen LogP contribution in [0.1, 0.15) is 6.92 Å². The molecule has 0 saturated carbocycles. The summed E-state index contributed by atoms with van der Waals surface area (Å²) < 4.78 is 4.31. The van der Waals surface area contributed by atoms with Gasteiger partial charge >= 0.3 is 5.97 Å². The van der Waals surface area contributed by atoms with E-state index in [-0.39, 0.29) is 5.57 Å². The molecular formula is C6H10O4. The second kappa shape index (κ2) is 4.03. The van der Waals surface area contributed by atoms with Gasteiger partial charge in [0.2, 0.25) is 0 Å². The van der Waals surface area contributed by atoms with E-state index in [2.05, 4.69) is 16.2 Å². The first-order valence-electron chi connectivity index (χ1n) is 2.70. The lowest BCUT2D eigenvalue weighted by Gasteiger charge is -2.07. The van der Waals surface area contributed by atoms with Crippen LogP contribution < -0.4 is 0 Å². The summed E-state index contributed by atoms with van der Waals surface area (Å²) >= 11 is 0. The Morgan fingerprint density at radius 1 is 1.70 bits per heavy atom. The fourth-order valence-corrected chi connectivity index (χ4v) is 0.361. The summed E-state index contributed by atoms with van der Waals surface area (Å²) in [6.45, 7) is 4.82. The zero-order chi connectivity index (χ0) is 8.15. The Morgan fingerprint density at radius 2 is 2.20 bits per heavy atom. The van der Waals surface area contributed by atoms with Crippen molar-refractivity contribution in [2.24, 2.45) is 0 Å². The molecule has 0 spiro atoms. The first kappa shape index (κ1) is 9.13. The van der Waals surface area contributed by atoms with Gasteiger partial charge in [0.15, 0.2) is 0 Å². The van der Waals surface area contributed by atoms with E-state index in [9.17, 15) is 4.79 Å². The van der Waals surface area contributed by atoms with Gasteiger partial charge in [-0.3, -0.25) is 5.26 Å². The number of carbonyl (C=O) groups excluding carboxylic acids is 1. The quantitative estimate of drug-likeness (QED) is 0.274. The third kappa shape index (κ3) is 2.16. The highest BCUT2D eigenvalue weighted by atomic mass is 17.1. The second-order valence-electron chi connectivity index (χ2n) is 1.76. The summed E-state index contributed by atoms with van der Waals surface area (Å²) in [5.74, 6) is -0.582. The lowest BCUT2D eigenvalue weighted by atomic mass is 10.2. The largest absolute Gasteiger partial charge is 0.466 e. The van der Waals surface area contributed by atoms with E-state index in [0.717, 1.165) is 0 Å². The number of hydrogen-bond acceptors (Lipinski definition) is 4. The molecule has 0 bridgehead atoms. The molecule has 0 radical (unpaired) electrons. The highest BCUT2D eigenvalue weighted by Gasteiger charge is 2.14. The van der Waals surface area contributed by atoms with Crippen LogP contribution >= 0.6 is 0 Å². The van der Waals surface area contributed by atoms with Crippen LogP contribution in [0.5, 0.6) is 0 Å². The van der Waals surface area contributed by atoms with Gasteiger partial charge in [0.1, 0.15) is 6.10 Å². The maximum atomic E-state index is 10.6. The van der Waals surface area contributed by atoms with E-state index in [0.29, 0.717) is 0 Å². The van der Waals surface area contributed by atoms with E-state index in [1.165, 1.54) is 14.0 Å². The Kier molecular flexibility index (Phi) is 3.68. The third-order valence-corrected chi connectivity index (χ3v) is 1.10. The molecular weight excluding hydrogens is 136 g/mol. The zero-order valence-electron chi connectivity index (χ0n) is 5.96. The minimum Gasteiger partial charge on any atom is -0.466 e. The Bertz CT molecular complexity index is 141. The van der Waals surface area contributed by atoms with Crippen molar-refractivity contribution in [1.29, 1.82) is 0 Å². The summed E-state index contributed by atoms with van der Waals surface area (Å²) in [6, 6.07) is 0. The van der Waals surface area contributed by atoms with Crippen LogP contribution in [0.25, 0.3) is 0 Å². The number of carbonyl (C=O) groups is 1. The lowest BCUT2D eigenvalue weighted by molar-refractivity contribution is -0.264. The van der Waals surface area contributed by atoms with Crippen LogP contribution in [0, 0.1) is 0 Å². The first-order valence-corrected chi connectivity index (χ1v) is 2.70. The molecule has 0 aromatic carbocycles. The smallest absolute Gasteiger partial charge is 0.335 e. The minimum absolute atomic E-state index is 0.0880. The van der Waals surface area contributed by atoms with Gasteiger partial charge in [0.25, 0.3) is 0 Å². The van der Waals surface area contributed by atoms with E-state index in [1.807, 2.05) is 0 Å². The molecule has 0 fully saturated rings. The highest BCUT2D eigenvalue weighted by Crippen LogP contribution is 2.03. The van der Waals surface area contributed by atoms with Crippen LogP contribution in [0.2, 0.25) is 0 Å². The molecule has 0 saturated heterocycles. The highest BCUT2D eigenvalue weighted by molar-refractivity contribution is 5.88. The Balaban J connectivity index is 3.95. The molecule has 0 heterocycles. The molecule has 0 aromatic heterocycles. The molecule has 0 amide bonds. The van der Waals surface area contributed by atoms with Crippen molar-refractivity contribution in [1.82, 2.24) is 0 Å². The molecule has 4 nitrogen and oxygen atoms in total. The maximum Gasteiger partial charge on any atom is 0.335 e. The van der Waals surface area contributed by atoms with Gasteiger partial charge < -0.3 is 4.74 Å². The van der Waals surface area contributed by atoms with Crippen molar-refractivity contribution in [2.75, 3.05) is 7.11 Å². The van der Waals surface area contributed by atoms with Crippen LogP contribution in [-0.4, -0.2) is 24.4 Å². The Labute approximate surface area is 59.0 Å². The van der Waals surface area contributed by atoms with E-state index < -0.39 is 12.1 Å². The van der Waals surface area contributed by atoms with Gasteiger partial charge in [-0.05, 0) is 6.92 Å². The molecule has 4 heteroatoms. The van der Waals surface area contributed by atoms with Crippen molar-refractivity contribution < 1.29 is 19.7 Å². The fraction of sp³-hybridized carbons (Fsp3) is 0.500. The molecule has 0 aliphatic carbocycles. The average Bonchev–Trinajstić information content (AvgIpc) is 2.00. The molecule has 1 unspecified atom stereocenters. The number of methoxy groups -OCH3 is 1. The van der Waals surface area contributed by atoms with Gasteiger partial charge in [-0.15, -0.1) is 0 Å². The lowest BCUT2D eigenvalue weighted by Crippen LogP contribution is -2.17. The van der Waals surface area contributed by atoms with Crippen molar-refractivity contribution in [3.05, 3.63) is 12.2 Å². The number of rotatable bonds is 3. The number of hydrogen-bond donors (Lipinski definition) is 1. The average molecular weight is 146 g/mol. The summed E-state index contributed by atoms with van der Waals surface area (Å²) in [5, 5.41) is 8.08. The standard InChI is InChI=1S/C6H10O4/c1-4(5(2)10-8)6(7)9-3/h5,8H,1H2,2-3H3. The first-order chi connectivity index (χ1) is 4.63. The third-order valence-electron chi connectivity index (χ3n) is 1.10. The van der Waals surface area contributed by atoms with Gasteiger partial charge in [-0.25, -0.2) is 9.68 Å². The summed E-state index contributed by atoms with van der Waals surface area (Å²) in [6.07, 6.45) is -0.715. The van der Waals surface area contributed by atoms with Crippen LogP contribution in [-0.2, 0) is 14.4 Å². The summed E-state index contributed by atoms with van der Waals surface area (Å²) in [7, 11) is 1.23. The molecule has 0 aliphatic rings. The molecule has 0 rings (SSSR count). The molecule has 0 aromatic rings. The van der Waals surface area contributed by atoms with Gasteiger partial charge in [-0.2, -0.15) is 0 Å². The van der Waals surface area contributed by atoms with Crippen LogP contribution in [0.3, 0.4) is 0 Å². The van der Waals surface area contributed by atoms with Crippen molar-refractivity contribution in [2.45, 2.75) is 13.0 Å². The summed E-state index contributed by atoms with van der Waals surface area (Å²) in [5.41, 5.74) is 0.0880. The summed E-state index contributed by atoms with van der Waals surface area (Å²) in [4.78, 5) is 14.4. The molecule has 1 N–H and O–H groups in total. The molecule has 58 valence electrons. The number of ether oxygens (including phenoxy) is 1. The predicted octanol–water partition coefficient (Wildman–Crippen LogP) is 0.594. The normalized spacial score (nSPS) is 12.3. The predicted molar refractivity (Wildman–Crippen MR) is 34.3 cm³/mol. The molecule has 1 atom stereocenters. The van der Waals surface area contributed by atoms with E-state index in [1.54, 1.807) is 0 Å². The van der Waals surface area contributed by atoms with E-state index >= 15 is 0 Å². The fourth-order valence-electron chi connectivity index (χ4n) is 0.361. The van der Waals surface area contributed by atoms with E-state index in [4.69, 9.17) is 5.26 Å². The topological polar surface area (TPSA) is 55.8 Å². The minimum atomic E-state index is -0.715. The monoisotopic (exact) mass is 146 g/mol. The second-order valence-corrected chi connectivity index (χ2v) is 1.76. The number of esters is 1.